The van der Waals surface area contributed by atoms with Crippen LogP contribution >= 0.6 is 0 Å². The molecular formula is C24H17NO4. The lowest BCUT2D eigenvalue weighted by atomic mass is 10.1. The molecule has 0 unspecified atom stereocenters. The van der Waals surface area contributed by atoms with Gasteiger partial charge in [0.15, 0.2) is 5.70 Å². The van der Waals surface area contributed by atoms with E-state index in [2.05, 4.69) is 4.99 Å². The summed E-state index contributed by atoms with van der Waals surface area (Å²) in [6, 6.07) is 23.2. The van der Waals surface area contributed by atoms with E-state index in [0.29, 0.717) is 11.3 Å². The highest BCUT2D eigenvalue weighted by Crippen LogP contribution is 2.21. The largest absolute Gasteiger partial charge is 0.423 e. The van der Waals surface area contributed by atoms with Gasteiger partial charge in [0.2, 0.25) is 5.90 Å². The zero-order valence-corrected chi connectivity index (χ0v) is 15.7. The predicted molar refractivity (Wildman–Crippen MR) is 110 cm³/mol. The fraction of sp³-hybridized carbons (Fsp3) is 0.0417. The van der Waals surface area contributed by atoms with Gasteiger partial charge in [-0.15, -0.1) is 0 Å². The molecule has 3 aromatic carbocycles. The van der Waals surface area contributed by atoms with E-state index in [-0.39, 0.29) is 11.6 Å². The topological polar surface area (TPSA) is 65.0 Å². The second kappa shape index (κ2) is 7.94. The van der Waals surface area contributed by atoms with Gasteiger partial charge in [0.05, 0.1) is 5.56 Å². The van der Waals surface area contributed by atoms with E-state index in [4.69, 9.17) is 9.47 Å². The Morgan fingerprint density at radius 3 is 2.31 bits per heavy atom. The van der Waals surface area contributed by atoms with Gasteiger partial charge in [-0.1, -0.05) is 48.0 Å². The molecule has 0 spiro atoms. The molecule has 1 aliphatic heterocycles. The lowest BCUT2D eigenvalue weighted by molar-refractivity contribution is -0.129. The molecule has 0 aromatic heterocycles. The summed E-state index contributed by atoms with van der Waals surface area (Å²) in [5.74, 6) is -0.225. The Labute approximate surface area is 167 Å². The smallest absolute Gasteiger partial charge is 0.363 e. The molecular weight excluding hydrogens is 366 g/mol. The first-order chi connectivity index (χ1) is 14.1. The molecule has 0 atom stereocenters. The highest BCUT2D eigenvalue weighted by Gasteiger charge is 2.23. The van der Waals surface area contributed by atoms with Gasteiger partial charge in [-0.25, -0.2) is 14.6 Å². The molecule has 4 rings (SSSR count). The summed E-state index contributed by atoms with van der Waals surface area (Å²) >= 11 is 0. The second-order valence-electron chi connectivity index (χ2n) is 6.53. The fourth-order valence-electron chi connectivity index (χ4n) is 2.76. The molecule has 3 aromatic rings. The Balaban J connectivity index is 1.48. The number of cyclic esters (lactones) is 1. The number of ether oxygens (including phenoxy) is 2. The van der Waals surface area contributed by atoms with Gasteiger partial charge in [-0.2, -0.15) is 0 Å². The van der Waals surface area contributed by atoms with Gasteiger partial charge < -0.3 is 9.47 Å². The summed E-state index contributed by atoms with van der Waals surface area (Å²) in [7, 11) is 0. The van der Waals surface area contributed by atoms with Crippen molar-refractivity contribution in [2.75, 3.05) is 0 Å². The van der Waals surface area contributed by atoms with Crippen molar-refractivity contribution in [3.63, 3.8) is 0 Å². The number of hydrogen-bond acceptors (Lipinski definition) is 5. The first-order valence-electron chi connectivity index (χ1n) is 9.05. The number of esters is 2. The maximum absolute atomic E-state index is 12.2. The number of aryl methyl sites for hydroxylation is 1. The summed E-state index contributed by atoms with van der Waals surface area (Å²) in [5.41, 5.74) is 3.25. The van der Waals surface area contributed by atoms with Crippen LogP contribution < -0.4 is 4.74 Å². The van der Waals surface area contributed by atoms with E-state index < -0.39 is 11.9 Å². The third-order valence-corrected chi connectivity index (χ3v) is 4.32. The molecule has 1 heterocycles. The zero-order chi connectivity index (χ0) is 20.2. The monoisotopic (exact) mass is 383 g/mol. The summed E-state index contributed by atoms with van der Waals surface area (Å²) in [5, 5.41) is 0. The van der Waals surface area contributed by atoms with Crippen LogP contribution in [0.3, 0.4) is 0 Å². The first kappa shape index (κ1) is 18.4. The molecule has 0 radical (unpaired) electrons. The minimum absolute atomic E-state index is 0.216. The minimum atomic E-state index is -0.501. The summed E-state index contributed by atoms with van der Waals surface area (Å²) < 4.78 is 10.6. The Kier molecular flexibility index (Phi) is 5.03. The highest BCUT2D eigenvalue weighted by atomic mass is 16.6. The third kappa shape index (κ3) is 4.30. The number of rotatable bonds is 4. The normalized spacial score (nSPS) is 14.4. The maximum atomic E-state index is 12.2. The standard InChI is InChI=1S/C24H17NO4/c1-16-7-11-19(12-8-16)23(26)28-20-13-9-17(10-14-20)15-21-24(27)29-22(25-21)18-5-3-2-4-6-18/h2-15H,1H3. The summed E-state index contributed by atoms with van der Waals surface area (Å²) in [4.78, 5) is 28.5. The quantitative estimate of drug-likeness (QED) is 0.376. The Bertz CT molecular complexity index is 1110. The molecule has 29 heavy (non-hydrogen) atoms. The van der Waals surface area contributed by atoms with Gasteiger partial charge in [-0.05, 0) is 55.0 Å². The van der Waals surface area contributed by atoms with Gasteiger partial charge in [-0.3, -0.25) is 0 Å². The van der Waals surface area contributed by atoms with Crippen molar-refractivity contribution in [2.24, 2.45) is 4.99 Å². The van der Waals surface area contributed by atoms with Crippen molar-refractivity contribution < 1.29 is 19.1 Å². The third-order valence-electron chi connectivity index (χ3n) is 4.32. The molecule has 0 bridgehead atoms. The first-order valence-corrected chi connectivity index (χ1v) is 9.05. The lowest BCUT2D eigenvalue weighted by Crippen LogP contribution is -2.08. The summed E-state index contributed by atoms with van der Waals surface area (Å²) in [6.45, 7) is 1.95. The number of hydrogen-bond donors (Lipinski definition) is 0. The van der Waals surface area contributed by atoms with Crippen LogP contribution in [0.4, 0.5) is 0 Å². The van der Waals surface area contributed by atoms with Crippen LogP contribution in [0.1, 0.15) is 27.0 Å². The summed E-state index contributed by atoms with van der Waals surface area (Å²) in [6.07, 6.45) is 1.63. The van der Waals surface area contributed by atoms with Crippen molar-refractivity contribution in [1.29, 1.82) is 0 Å². The lowest BCUT2D eigenvalue weighted by Gasteiger charge is -2.05. The fourth-order valence-corrected chi connectivity index (χ4v) is 2.76. The van der Waals surface area contributed by atoms with E-state index in [1.165, 1.54) is 0 Å². The zero-order valence-electron chi connectivity index (χ0n) is 15.7. The molecule has 0 saturated heterocycles. The molecule has 0 saturated carbocycles. The Morgan fingerprint density at radius 2 is 1.62 bits per heavy atom. The van der Waals surface area contributed by atoms with Crippen LogP contribution in [0.15, 0.2) is 89.6 Å². The van der Waals surface area contributed by atoms with E-state index >= 15 is 0 Å². The average molecular weight is 383 g/mol. The molecule has 0 aliphatic carbocycles. The Morgan fingerprint density at radius 1 is 0.931 bits per heavy atom. The van der Waals surface area contributed by atoms with Gasteiger partial charge >= 0.3 is 11.9 Å². The van der Waals surface area contributed by atoms with Crippen LogP contribution in [0.25, 0.3) is 6.08 Å². The van der Waals surface area contributed by atoms with Crippen molar-refractivity contribution in [2.45, 2.75) is 6.92 Å². The second-order valence-corrected chi connectivity index (χ2v) is 6.53. The van der Waals surface area contributed by atoms with Crippen molar-refractivity contribution in [1.82, 2.24) is 0 Å². The average Bonchev–Trinajstić information content (AvgIpc) is 3.11. The number of benzene rings is 3. The van der Waals surface area contributed by atoms with Crippen molar-refractivity contribution >= 4 is 23.9 Å². The molecule has 0 amide bonds. The Hall–Kier alpha value is -3.99. The minimum Gasteiger partial charge on any atom is -0.423 e. The van der Waals surface area contributed by atoms with Crippen LogP contribution in [-0.2, 0) is 9.53 Å². The van der Waals surface area contributed by atoms with Gasteiger partial charge in [0.25, 0.3) is 0 Å². The molecule has 5 heteroatoms. The van der Waals surface area contributed by atoms with E-state index in [0.717, 1.165) is 16.7 Å². The van der Waals surface area contributed by atoms with Crippen LogP contribution in [0.5, 0.6) is 5.75 Å². The maximum Gasteiger partial charge on any atom is 0.363 e. The number of aliphatic imine (C=N–C) groups is 1. The van der Waals surface area contributed by atoms with Gasteiger partial charge in [0.1, 0.15) is 5.75 Å². The van der Waals surface area contributed by atoms with E-state index in [9.17, 15) is 9.59 Å². The molecule has 0 N–H and O–H groups in total. The van der Waals surface area contributed by atoms with Crippen LogP contribution in [0, 0.1) is 6.92 Å². The van der Waals surface area contributed by atoms with Crippen LogP contribution in [0.2, 0.25) is 0 Å². The molecule has 1 aliphatic rings. The van der Waals surface area contributed by atoms with Crippen molar-refractivity contribution in [3.8, 4) is 5.75 Å². The predicted octanol–water partition coefficient (Wildman–Crippen LogP) is 4.56. The molecule has 5 nitrogen and oxygen atoms in total. The number of carbonyl (C=O) groups is 2. The molecule has 0 fully saturated rings. The SMILES string of the molecule is Cc1ccc(C(=O)Oc2ccc(C=C3N=C(c4ccccc4)OC3=O)cc2)cc1. The van der Waals surface area contributed by atoms with Crippen molar-refractivity contribution in [3.05, 3.63) is 107 Å². The van der Waals surface area contributed by atoms with Crippen LogP contribution in [-0.4, -0.2) is 17.8 Å². The number of nitrogens with zero attached hydrogens (tertiary/aromatic N) is 1. The van der Waals surface area contributed by atoms with Gasteiger partial charge in [0, 0.05) is 5.56 Å². The van der Waals surface area contributed by atoms with E-state index in [1.807, 2.05) is 49.4 Å². The highest BCUT2D eigenvalue weighted by molar-refractivity contribution is 6.12. The number of carbonyl (C=O) groups excluding carboxylic acids is 2. The molecule has 142 valence electrons. The van der Waals surface area contributed by atoms with E-state index in [1.54, 1.807) is 42.5 Å².